The van der Waals surface area contributed by atoms with E-state index >= 15 is 0 Å². The molecule has 0 fully saturated rings. The van der Waals surface area contributed by atoms with Crippen molar-refractivity contribution in [3.63, 3.8) is 0 Å². The van der Waals surface area contributed by atoms with Gasteiger partial charge in [-0.3, -0.25) is 4.79 Å². The average Bonchev–Trinajstić information content (AvgIpc) is 3.06. The van der Waals surface area contributed by atoms with Gasteiger partial charge in [-0.2, -0.15) is 16.4 Å². The van der Waals surface area contributed by atoms with E-state index in [4.69, 9.17) is 0 Å². The largest absolute Gasteiger partial charge is 0.330 e. The van der Waals surface area contributed by atoms with Gasteiger partial charge in [-0.05, 0) is 29.3 Å². The molecule has 0 saturated heterocycles. The fourth-order valence-corrected chi connectivity index (χ4v) is 3.31. The highest BCUT2D eigenvalue weighted by molar-refractivity contribution is 7.08. The normalized spacial score (nSPS) is 23.9. The summed E-state index contributed by atoms with van der Waals surface area (Å²) in [6, 6.07) is 3.89. The molecule has 2 unspecified atom stereocenters. The number of aryl methyl sites for hydroxylation is 1. The second-order valence-corrected chi connectivity index (χ2v) is 5.74. The Morgan fingerprint density at radius 1 is 1.45 bits per heavy atom. The van der Waals surface area contributed by atoms with Crippen LogP contribution in [0.15, 0.2) is 39.5 Å². The Morgan fingerprint density at radius 2 is 2.35 bits per heavy atom. The second kappa shape index (κ2) is 4.14. The first-order valence-corrected chi connectivity index (χ1v) is 7.31. The molecule has 4 rings (SSSR count). The lowest BCUT2D eigenvalue weighted by Gasteiger charge is -2.30. The van der Waals surface area contributed by atoms with Gasteiger partial charge in [0.05, 0.1) is 11.6 Å². The summed E-state index contributed by atoms with van der Waals surface area (Å²) in [5.41, 5.74) is 2.90. The van der Waals surface area contributed by atoms with Gasteiger partial charge in [0, 0.05) is 17.9 Å². The Hall–Kier alpha value is -2.21. The Bertz CT molecular complexity index is 741. The third kappa shape index (κ3) is 1.65. The Kier molecular flexibility index (Phi) is 2.40. The summed E-state index contributed by atoms with van der Waals surface area (Å²) in [6.07, 6.45) is 3.56. The summed E-state index contributed by atoms with van der Waals surface area (Å²) in [5.74, 6) is 0.544. The van der Waals surface area contributed by atoms with Crippen LogP contribution in [0.4, 0.5) is 5.82 Å². The molecule has 0 aromatic carbocycles. The van der Waals surface area contributed by atoms with Crippen molar-refractivity contribution < 1.29 is 4.79 Å². The number of aromatic nitrogens is 2. The van der Waals surface area contributed by atoms with Crippen LogP contribution in [0.2, 0.25) is 0 Å². The maximum Gasteiger partial charge on any atom is 0.233 e. The van der Waals surface area contributed by atoms with Crippen LogP contribution in [0.25, 0.3) is 0 Å². The molecule has 20 heavy (non-hydrogen) atoms. The molecule has 2 aliphatic rings. The molecule has 4 heterocycles. The van der Waals surface area contributed by atoms with E-state index in [1.807, 2.05) is 42.1 Å². The Labute approximate surface area is 119 Å². The number of hydrogen-bond donors (Lipinski definition) is 1. The number of fused-ring (bicyclic) bond motifs is 3. The van der Waals surface area contributed by atoms with E-state index < -0.39 is 0 Å². The minimum absolute atomic E-state index is 0.00607. The third-order valence-electron chi connectivity index (χ3n) is 3.57. The summed E-state index contributed by atoms with van der Waals surface area (Å²) < 4.78 is 1.77. The van der Waals surface area contributed by atoms with E-state index in [0.29, 0.717) is 0 Å². The monoisotopic (exact) mass is 284 g/mol. The molecule has 0 radical (unpaired) electrons. The lowest BCUT2D eigenvalue weighted by Crippen LogP contribution is -2.41. The molecule has 1 N–H and O–H groups in total. The van der Waals surface area contributed by atoms with Crippen LogP contribution in [0.3, 0.4) is 0 Å². The molecule has 100 valence electrons. The molecular weight excluding hydrogens is 272 g/mol. The van der Waals surface area contributed by atoms with Crippen molar-refractivity contribution >= 4 is 29.3 Å². The van der Waals surface area contributed by atoms with E-state index in [0.717, 1.165) is 22.6 Å². The van der Waals surface area contributed by atoms with Crippen molar-refractivity contribution in [1.82, 2.24) is 15.1 Å². The smallest absolute Gasteiger partial charge is 0.233 e. The molecule has 2 aromatic heterocycles. The van der Waals surface area contributed by atoms with Crippen molar-refractivity contribution in [2.24, 2.45) is 4.99 Å². The first kappa shape index (κ1) is 11.6. The summed E-state index contributed by atoms with van der Waals surface area (Å²) in [6.45, 7) is 1.92. The molecule has 5 nitrogen and oxygen atoms in total. The third-order valence-corrected chi connectivity index (χ3v) is 4.27. The number of carbonyl (C=O) groups is 1. The van der Waals surface area contributed by atoms with Gasteiger partial charge in [-0.25, -0.2) is 9.67 Å². The summed E-state index contributed by atoms with van der Waals surface area (Å²) >= 11 is 1.60. The second-order valence-electron chi connectivity index (χ2n) is 4.96. The lowest BCUT2D eigenvalue weighted by atomic mass is 9.93. The van der Waals surface area contributed by atoms with Crippen LogP contribution in [0.1, 0.15) is 23.3 Å². The van der Waals surface area contributed by atoms with E-state index in [-0.39, 0.29) is 18.0 Å². The van der Waals surface area contributed by atoms with Crippen LogP contribution >= 0.6 is 11.3 Å². The zero-order chi connectivity index (χ0) is 13.7. The fraction of sp³-hybridized carbons (Fsp3) is 0.214. The highest BCUT2D eigenvalue weighted by atomic mass is 32.1. The predicted molar refractivity (Wildman–Crippen MR) is 77.4 cm³/mol. The van der Waals surface area contributed by atoms with Gasteiger partial charge in [-0.1, -0.05) is 6.08 Å². The molecular formula is C14H12N4OS. The Balaban J connectivity index is 1.79. The minimum atomic E-state index is -0.239. The van der Waals surface area contributed by atoms with E-state index in [1.54, 1.807) is 16.0 Å². The van der Waals surface area contributed by atoms with E-state index in [2.05, 4.69) is 15.4 Å². The zero-order valence-electron chi connectivity index (χ0n) is 10.8. The number of aliphatic imine (C=N–C) groups is 1. The van der Waals surface area contributed by atoms with Gasteiger partial charge in [0.1, 0.15) is 0 Å². The van der Waals surface area contributed by atoms with Gasteiger partial charge >= 0.3 is 0 Å². The summed E-state index contributed by atoms with van der Waals surface area (Å²) in [5, 5.41) is 11.4. The number of nitrogens with one attached hydrogen (secondary N) is 1. The van der Waals surface area contributed by atoms with E-state index in [1.165, 1.54) is 0 Å². The number of rotatable bonds is 1. The van der Waals surface area contributed by atoms with Gasteiger partial charge in [0.2, 0.25) is 5.91 Å². The Morgan fingerprint density at radius 3 is 3.15 bits per heavy atom. The number of amides is 1. The molecule has 0 saturated carbocycles. The molecule has 1 amide bonds. The number of carbonyl (C=O) groups excluding carboxylic acids is 1. The molecule has 0 bridgehead atoms. The molecule has 0 aliphatic carbocycles. The minimum Gasteiger partial charge on any atom is -0.330 e. The number of thiophene rings is 1. The van der Waals surface area contributed by atoms with Crippen molar-refractivity contribution in [2.45, 2.75) is 19.0 Å². The van der Waals surface area contributed by atoms with E-state index in [9.17, 15) is 4.79 Å². The standard InChI is InChI=1S/C14H12N4OS/c1-8-4-12-15-6-10-5-11(9-2-3-20-7-9)14(19)16-13(10)18(12)17-8/h2-7,11,13H,1H3,(H,16,19). The molecule has 0 spiro atoms. The van der Waals surface area contributed by atoms with Gasteiger partial charge in [-0.15, -0.1) is 0 Å². The average molecular weight is 284 g/mol. The summed E-state index contributed by atoms with van der Waals surface area (Å²) in [4.78, 5) is 16.7. The zero-order valence-corrected chi connectivity index (χ0v) is 11.6. The van der Waals surface area contributed by atoms with Gasteiger partial charge in [0.15, 0.2) is 12.0 Å². The van der Waals surface area contributed by atoms with Crippen molar-refractivity contribution in [3.05, 3.63) is 45.8 Å². The first-order valence-electron chi connectivity index (χ1n) is 6.37. The molecule has 2 atom stereocenters. The maximum atomic E-state index is 12.3. The molecule has 2 aliphatic heterocycles. The quantitative estimate of drug-likeness (QED) is 0.873. The van der Waals surface area contributed by atoms with Gasteiger partial charge < -0.3 is 5.32 Å². The topological polar surface area (TPSA) is 59.3 Å². The van der Waals surface area contributed by atoms with Crippen LogP contribution in [-0.2, 0) is 4.79 Å². The maximum absolute atomic E-state index is 12.3. The fourth-order valence-electron chi connectivity index (χ4n) is 2.61. The number of nitrogens with zero attached hydrogens (tertiary/aromatic N) is 3. The van der Waals surface area contributed by atoms with Crippen molar-refractivity contribution in [1.29, 1.82) is 0 Å². The van der Waals surface area contributed by atoms with Crippen LogP contribution in [-0.4, -0.2) is 21.9 Å². The van der Waals surface area contributed by atoms with Crippen LogP contribution < -0.4 is 5.32 Å². The first-order chi connectivity index (χ1) is 9.72. The molecule has 6 heteroatoms. The SMILES string of the molecule is Cc1cc2n(n1)C1NC(=O)C(c3ccsc3)C=C1C=N2. The van der Waals surface area contributed by atoms with Crippen molar-refractivity contribution in [3.8, 4) is 0 Å². The van der Waals surface area contributed by atoms with Crippen LogP contribution in [0.5, 0.6) is 0 Å². The highest BCUT2D eigenvalue weighted by Crippen LogP contribution is 2.33. The molecule has 2 aromatic rings. The predicted octanol–water partition coefficient (Wildman–Crippen LogP) is 2.31. The summed E-state index contributed by atoms with van der Waals surface area (Å²) in [7, 11) is 0. The lowest BCUT2D eigenvalue weighted by molar-refractivity contribution is -0.123. The highest BCUT2D eigenvalue weighted by Gasteiger charge is 2.33. The van der Waals surface area contributed by atoms with Gasteiger partial charge in [0.25, 0.3) is 0 Å². The van der Waals surface area contributed by atoms with Crippen molar-refractivity contribution in [2.75, 3.05) is 0 Å². The number of hydrogen-bond acceptors (Lipinski definition) is 4. The van der Waals surface area contributed by atoms with Crippen LogP contribution in [0, 0.1) is 6.92 Å².